The number of hydrogen-bond acceptors (Lipinski definition) is 14. The number of carbonyl (C=O) groups is 1. The van der Waals surface area contributed by atoms with Crippen LogP contribution in [-0.4, -0.2) is 99.5 Å². The Morgan fingerprint density at radius 3 is 2.00 bits per heavy atom. The number of nitrogen functional groups attached to an aromatic ring is 1. The fourth-order valence-electron chi connectivity index (χ4n) is 8.40. The Bertz CT molecular complexity index is 1930. The van der Waals surface area contributed by atoms with Crippen molar-refractivity contribution in [1.82, 2.24) is 24.0 Å². The molecule has 0 aliphatic carbocycles. The Hall–Kier alpha value is -3.29. The summed E-state index contributed by atoms with van der Waals surface area (Å²) in [5.41, 5.74) is 3.43. The van der Waals surface area contributed by atoms with Crippen molar-refractivity contribution in [2.24, 2.45) is 5.92 Å². The van der Waals surface area contributed by atoms with Crippen LogP contribution in [0.2, 0.25) is 0 Å². The number of phosphoric acid groups is 1. The molecule has 364 valence electrons. The van der Waals surface area contributed by atoms with Gasteiger partial charge in [0, 0.05) is 51.0 Å². The van der Waals surface area contributed by atoms with Crippen LogP contribution in [0.15, 0.2) is 38.9 Å². The van der Waals surface area contributed by atoms with E-state index in [1.807, 2.05) is 13.8 Å². The van der Waals surface area contributed by atoms with Crippen molar-refractivity contribution in [3.05, 3.63) is 55.8 Å². The number of carbonyl (C=O) groups excluding carboxylic acids is 1. The highest BCUT2D eigenvalue weighted by molar-refractivity contribution is 7.45. The minimum atomic E-state index is -5.13. The highest BCUT2D eigenvalue weighted by Crippen LogP contribution is 2.47. The third-order valence-corrected chi connectivity index (χ3v) is 12.8. The molecule has 0 radical (unpaired) electrons. The summed E-state index contributed by atoms with van der Waals surface area (Å²) in [4.78, 5) is 72.8. The number of alkyl halides is 1. The number of methoxy groups -OCH3 is 1. The van der Waals surface area contributed by atoms with Crippen molar-refractivity contribution in [2.75, 3.05) is 32.5 Å². The third kappa shape index (κ3) is 16.5. The second-order valence-corrected chi connectivity index (χ2v) is 18.9. The first-order valence-electron chi connectivity index (χ1n) is 23.3. The van der Waals surface area contributed by atoms with Crippen molar-refractivity contribution < 1.29 is 46.6 Å². The van der Waals surface area contributed by atoms with Crippen LogP contribution < -0.4 is 27.6 Å². The molecule has 2 fully saturated rings. The zero-order chi connectivity index (χ0) is 46.8. The Kier molecular flexibility index (Phi) is 22.3. The van der Waals surface area contributed by atoms with Gasteiger partial charge in [0.05, 0.1) is 24.9 Å². The maximum atomic E-state index is 16.5. The minimum absolute atomic E-state index is 0.0506. The monoisotopic (exact) mass is 928 g/mol. The molecule has 1 unspecified atom stereocenters. The summed E-state index contributed by atoms with van der Waals surface area (Å²) in [6, 6.07) is 2.46. The molecule has 2 aromatic heterocycles. The van der Waals surface area contributed by atoms with Gasteiger partial charge in [-0.2, -0.15) is 4.98 Å². The lowest BCUT2D eigenvalue weighted by Crippen LogP contribution is -2.45. The van der Waals surface area contributed by atoms with Gasteiger partial charge in [-0.25, -0.2) is 14.0 Å². The number of nitrogens with zero attached hydrogens (tertiary/aromatic N) is 4. The smallest absolute Gasteiger partial charge is 0.351 e. The first kappa shape index (κ1) is 53.3. The second-order valence-electron chi connectivity index (χ2n) is 17.5. The van der Waals surface area contributed by atoms with Crippen molar-refractivity contribution in [3.8, 4) is 0 Å². The summed E-state index contributed by atoms with van der Waals surface area (Å²) in [7, 11) is -3.70. The van der Waals surface area contributed by atoms with Crippen LogP contribution in [0.25, 0.3) is 0 Å². The lowest BCUT2D eigenvalue weighted by atomic mass is 9.93. The molecular weight excluding hydrogens is 854 g/mol. The number of H-pyrrole nitrogens is 1. The van der Waals surface area contributed by atoms with E-state index in [1.165, 1.54) is 119 Å². The average molecular weight is 928 g/mol. The first-order chi connectivity index (χ1) is 30.5. The van der Waals surface area contributed by atoms with Crippen molar-refractivity contribution in [1.29, 1.82) is 0 Å². The number of halogens is 1. The lowest BCUT2D eigenvalue weighted by molar-refractivity contribution is -0.235. The van der Waals surface area contributed by atoms with Crippen LogP contribution in [0, 0.1) is 5.92 Å². The van der Waals surface area contributed by atoms with Gasteiger partial charge in [0.2, 0.25) is 5.91 Å². The van der Waals surface area contributed by atoms with E-state index in [4.69, 9.17) is 33.7 Å². The fourth-order valence-corrected chi connectivity index (χ4v) is 9.52. The molecular formula is C44H73FN6O12P-. The topological polar surface area (TPSA) is 232 Å². The number of hydrogen-bond donors (Lipinski definition) is 2. The van der Waals surface area contributed by atoms with Crippen molar-refractivity contribution >= 4 is 19.5 Å². The Morgan fingerprint density at radius 2 is 1.45 bits per heavy atom. The average Bonchev–Trinajstić information content (AvgIpc) is 3.71. The van der Waals surface area contributed by atoms with E-state index >= 15 is 4.39 Å². The zero-order valence-electron chi connectivity index (χ0n) is 38.6. The number of nitrogens with two attached hydrogens (primary N) is 1. The highest BCUT2D eigenvalue weighted by Gasteiger charge is 2.51. The van der Waals surface area contributed by atoms with E-state index in [2.05, 4.69) is 16.9 Å². The van der Waals surface area contributed by atoms with Crippen LogP contribution in [0.4, 0.5) is 10.2 Å². The molecule has 0 spiro atoms. The number of aromatic nitrogens is 4. The summed E-state index contributed by atoms with van der Waals surface area (Å²) in [6.07, 6.45) is 8.74. The number of unbranched alkanes of at least 4 members (excludes halogenated alkanes) is 14. The quantitative estimate of drug-likeness (QED) is 0.0683. The van der Waals surface area contributed by atoms with Gasteiger partial charge in [-0.05, 0) is 40.2 Å². The fraction of sp³-hybridized carbons (Fsp3) is 0.795. The summed E-state index contributed by atoms with van der Waals surface area (Å²) in [5.74, 6) is -1.20. The number of nitrogens with one attached hydrogen (secondary N) is 1. The maximum Gasteiger partial charge on any atom is 0.351 e. The lowest BCUT2D eigenvalue weighted by Gasteiger charge is -2.33. The molecule has 0 saturated carbocycles. The van der Waals surface area contributed by atoms with Crippen LogP contribution >= 0.6 is 7.82 Å². The molecule has 0 bridgehead atoms. The zero-order valence-corrected chi connectivity index (χ0v) is 39.5. The molecule has 18 nitrogen and oxygen atoms in total. The highest BCUT2D eigenvalue weighted by atomic mass is 31.2. The van der Waals surface area contributed by atoms with Crippen LogP contribution in [0.3, 0.4) is 0 Å². The van der Waals surface area contributed by atoms with Gasteiger partial charge in [0.15, 0.2) is 18.6 Å². The second kappa shape index (κ2) is 26.8. The summed E-state index contributed by atoms with van der Waals surface area (Å²) in [5, 5.41) is 0. The molecule has 0 aromatic carbocycles. The minimum Gasteiger partial charge on any atom is -0.756 e. The summed E-state index contributed by atoms with van der Waals surface area (Å²) in [6.45, 7) is 8.80. The normalized spacial score (nSPS) is 24.5. The molecule has 9 atom stereocenters. The predicted octanol–water partition coefficient (Wildman–Crippen LogP) is 5.93. The molecule has 2 saturated heterocycles. The molecule has 64 heavy (non-hydrogen) atoms. The molecule has 2 aliphatic rings. The number of ether oxygens (including phenoxy) is 4. The van der Waals surface area contributed by atoms with Crippen LogP contribution in [0.5, 0.6) is 0 Å². The van der Waals surface area contributed by atoms with Gasteiger partial charge >= 0.3 is 11.4 Å². The van der Waals surface area contributed by atoms with Gasteiger partial charge < -0.3 is 43.5 Å². The van der Waals surface area contributed by atoms with Crippen LogP contribution in [-0.2, 0) is 37.4 Å². The van der Waals surface area contributed by atoms with E-state index in [0.29, 0.717) is 6.42 Å². The van der Waals surface area contributed by atoms with Crippen LogP contribution in [0.1, 0.15) is 150 Å². The molecule has 20 heteroatoms. The Labute approximate surface area is 376 Å². The number of rotatable bonds is 30. The summed E-state index contributed by atoms with van der Waals surface area (Å²) >= 11 is 0. The molecule has 4 heterocycles. The van der Waals surface area contributed by atoms with Gasteiger partial charge in [0.25, 0.3) is 13.4 Å². The van der Waals surface area contributed by atoms with Gasteiger partial charge in [0.1, 0.15) is 24.1 Å². The first-order valence-corrected chi connectivity index (χ1v) is 24.7. The predicted molar refractivity (Wildman–Crippen MR) is 237 cm³/mol. The van der Waals surface area contributed by atoms with E-state index in [-0.39, 0.29) is 38.0 Å². The molecule has 2 aromatic rings. The van der Waals surface area contributed by atoms with Gasteiger partial charge in [-0.1, -0.05) is 96.8 Å². The van der Waals surface area contributed by atoms with Gasteiger partial charge in [-0.15, -0.1) is 0 Å². The van der Waals surface area contributed by atoms with E-state index in [1.54, 1.807) is 0 Å². The SMILES string of the molecule is CCCCCCCCCCCCCCCCCN(C[C@H]1O[C@@H](n2ccc(N)nc2=O)[C@H](F)[C@@H]1OP(=O)([O-])OC(C)C)C(=O)C[C@H]1[C@@H](OC)[C@H](n2ccc(=O)[nH]c2=O)O[C@@H]1COC(C)C. The largest absolute Gasteiger partial charge is 0.756 e. The van der Waals surface area contributed by atoms with E-state index < -0.39 is 85.7 Å². The standard InChI is InChI=1S/C44H74FN6O12P/c1-7-8-9-10-11-12-13-14-15-16-17-18-19-20-21-24-49(28-33-40(63-64(56,57)62-31(4)5)38(45)41(60-33)50-25-22-35(46)47-43(50)54)37(53)27-32-34(29-59-30(2)3)61-42(39(32)58-6)51-26-23-36(52)48-44(51)55/h22-23,25-26,30-34,38-42H,7-21,24,27-29H2,1-6H3,(H,56,57)(H2,46,47,54)(H,48,52,55)/p-1/t32-,33-,34-,38-,39-,40-,41-,42-/m1/s1. The summed E-state index contributed by atoms with van der Waals surface area (Å²) < 4.78 is 66.2. The van der Waals surface area contributed by atoms with Gasteiger partial charge in [-0.3, -0.25) is 28.3 Å². The molecule has 3 N–H and O–H groups in total. The molecule has 1 amide bonds. The molecule has 4 rings (SSSR count). The number of amides is 1. The van der Waals surface area contributed by atoms with E-state index in [9.17, 15) is 28.6 Å². The Morgan fingerprint density at radius 1 is 0.875 bits per heavy atom. The maximum absolute atomic E-state index is 16.5. The van der Waals surface area contributed by atoms with E-state index in [0.717, 1.165) is 30.3 Å². The van der Waals surface area contributed by atoms with Crippen molar-refractivity contribution in [2.45, 2.75) is 193 Å². The molecule has 2 aliphatic heterocycles. The Balaban J connectivity index is 1.53. The number of phosphoric ester groups is 1. The number of anilines is 1. The number of aromatic amines is 1. The van der Waals surface area contributed by atoms with Crippen molar-refractivity contribution in [3.63, 3.8) is 0 Å². The third-order valence-electron chi connectivity index (χ3n) is 11.7.